The van der Waals surface area contributed by atoms with Crippen LogP contribution in [0.3, 0.4) is 0 Å². The number of aromatic nitrogens is 3. The number of ether oxygens (including phenoxy) is 1. The zero-order valence-corrected chi connectivity index (χ0v) is 14.8. The third-order valence-corrected chi connectivity index (χ3v) is 7.57. The summed E-state index contributed by atoms with van der Waals surface area (Å²) in [5.41, 5.74) is 0. The van der Waals surface area contributed by atoms with Crippen molar-refractivity contribution in [2.24, 2.45) is 7.05 Å². The minimum atomic E-state index is -3.49. The summed E-state index contributed by atoms with van der Waals surface area (Å²) in [7, 11) is -1.73. The first-order valence-electron chi connectivity index (χ1n) is 7.67. The maximum Gasteiger partial charge on any atom is 0.262 e. The maximum absolute atomic E-state index is 12.5. The van der Waals surface area contributed by atoms with Crippen molar-refractivity contribution in [3.63, 3.8) is 0 Å². The molecular weight excluding hydrogens is 348 g/mol. The molecule has 4 heterocycles. The zero-order valence-electron chi connectivity index (χ0n) is 13.2. The van der Waals surface area contributed by atoms with Gasteiger partial charge in [0, 0.05) is 55.5 Å². The van der Waals surface area contributed by atoms with Gasteiger partial charge in [-0.05, 0) is 6.07 Å². The van der Waals surface area contributed by atoms with Gasteiger partial charge in [0.25, 0.3) is 10.0 Å². The number of rotatable bonds is 4. The van der Waals surface area contributed by atoms with Crippen molar-refractivity contribution < 1.29 is 13.2 Å². The summed E-state index contributed by atoms with van der Waals surface area (Å²) in [5.74, 6) is 1.48. The lowest BCUT2D eigenvalue weighted by molar-refractivity contribution is 0.155. The average molecular weight is 366 g/mol. The predicted molar refractivity (Wildman–Crippen MR) is 90.4 cm³/mol. The molecule has 1 atom stereocenters. The van der Waals surface area contributed by atoms with Crippen molar-refractivity contribution in [1.82, 2.24) is 18.8 Å². The molecule has 4 rings (SSSR count). The van der Waals surface area contributed by atoms with E-state index in [4.69, 9.17) is 4.74 Å². The van der Waals surface area contributed by atoms with Crippen LogP contribution in [0, 0.1) is 0 Å². The zero-order chi connectivity index (χ0) is 16.8. The quantitative estimate of drug-likeness (QED) is 0.808. The Morgan fingerprint density at radius 1 is 1.33 bits per heavy atom. The summed E-state index contributed by atoms with van der Waals surface area (Å²) in [6.07, 6.45) is 5.66. The minimum Gasteiger partial charge on any atom is -0.473 e. The molecule has 2 aliphatic heterocycles. The predicted octanol–water partition coefficient (Wildman–Crippen LogP) is 1.14. The van der Waals surface area contributed by atoms with Gasteiger partial charge in [-0.15, -0.1) is 11.8 Å². The molecule has 0 radical (unpaired) electrons. The number of thioether (sulfide) groups is 1. The molecule has 2 fully saturated rings. The van der Waals surface area contributed by atoms with Crippen molar-refractivity contribution in [3.8, 4) is 5.88 Å². The van der Waals surface area contributed by atoms with Crippen molar-refractivity contribution >= 4 is 21.8 Å². The molecule has 0 N–H and O–H groups in total. The smallest absolute Gasteiger partial charge is 0.262 e. The van der Waals surface area contributed by atoms with Crippen LogP contribution in [0.2, 0.25) is 0 Å². The molecule has 1 unspecified atom stereocenters. The Labute approximate surface area is 145 Å². The van der Waals surface area contributed by atoms with Gasteiger partial charge in [0.2, 0.25) is 5.88 Å². The van der Waals surface area contributed by atoms with Crippen LogP contribution in [0.1, 0.15) is 6.42 Å². The molecule has 0 aliphatic carbocycles. The lowest BCUT2D eigenvalue weighted by Crippen LogP contribution is -2.60. The van der Waals surface area contributed by atoms with Gasteiger partial charge in [0.1, 0.15) is 6.10 Å². The molecular formula is C15H18N4O3S2. The minimum absolute atomic E-state index is 0.0404. The number of aryl methyl sites for hydroxylation is 1. The summed E-state index contributed by atoms with van der Waals surface area (Å²) in [5, 5.41) is 0.115. The first kappa shape index (κ1) is 15.9. The molecule has 2 aliphatic rings. The Balaban J connectivity index is 1.39. The van der Waals surface area contributed by atoms with E-state index in [0.29, 0.717) is 19.0 Å². The highest BCUT2D eigenvalue weighted by Gasteiger charge is 2.54. The Morgan fingerprint density at radius 3 is 2.83 bits per heavy atom. The second-order valence-corrected chi connectivity index (χ2v) is 9.63. The highest BCUT2D eigenvalue weighted by molar-refractivity contribution is 8.01. The molecule has 0 amide bonds. The third-order valence-electron chi connectivity index (χ3n) is 4.31. The number of nitrogens with zero attached hydrogens (tertiary/aromatic N) is 4. The van der Waals surface area contributed by atoms with E-state index >= 15 is 0 Å². The fourth-order valence-electron chi connectivity index (χ4n) is 3.11. The monoisotopic (exact) mass is 366 g/mol. The molecule has 128 valence electrons. The largest absolute Gasteiger partial charge is 0.473 e. The number of pyridine rings is 1. The Hall–Kier alpha value is -1.58. The van der Waals surface area contributed by atoms with E-state index in [2.05, 4.69) is 9.97 Å². The van der Waals surface area contributed by atoms with E-state index in [0.717, 1.165) is 12.2 Å². The van der Waals surface area contributed by atoms with Gasteiger partial charge in [0.15, 0.2) is 5.03 Å². The second kappa shape index (κ2) is 5.75. The number of hydrogen-bond acceptors (Lipinski definition) is 6. The molecule has 9 heteroatoms. The van der Waals surface area contributed by atoms with Gasteiger partial charge >= 0.3 is 0 Å². The molecule has 0 bridgehead atoms. The average Bonchev–Trinajstić information content (AvgIpc) is 3.14. The van der Waals surface area contributed by atoms with Crippen molar-refractivity contribution in [2.45, 2.75) is 22.3 Å². The van der Waals surface area contributed by atoms with Crippen molar-refractivity contribution in [1.29, 1.82) is 0 Å². The summed E-state index contributed by atoms with van der Waals surface area (Å²) < 4.78 is 34.1. The van der Waals surface area contributed by atoms with Crippen molar-refractivity contribution in [2.75, 3.05) is 18.8 Å². The molecule has 0 aromatic carbocycles. The summed E-state index contributed by atoms with van der Waals surface area (Å²) in [6, 6.07) is 5.59. The maximum atomic E-state index is 12.5. The molecule has 7 nitrogen and oxygen atoms in total. The van der Waals surface area contributed by atoms with Crippen LogP contribution in [-0.4, -0.2) is 57.0 Å². The number of sulfonamides is 1. The van der Waals surface area contributed by atoms with Gasteiger partial charge in [-0.25, -0.2) is 18.4 Å². The molecule has 0 saturated carbocycles. The molecule has 24 heavy (non-hydrogen) atoms. The van der Waals surface area contributed by atoms with Gasteiger partial charge < -0.3 is 9.30 Å². The van der Waals surface area contributed by atoms with Gasteiger partial charge in [-0.3, -0.25) is 0 Å². The van der Waals surface area contributed by atoms with Crippen LogP contribution < -0.4 is 4.74 Å². The standard InChI is InChI=1S/C15H18N4O3S2/c1-18-7-14(17-11-18)24(20,21)19-9-15(10-19)6-12(8-23-15)22-13-4-2-3-5-16-13/h2-5,7,11-12H,6,8-10H2,1H3. The first-order valence-corrected chi connectivity index (χ1v) is 10.1. The summed E-state index contributed by atoms with van der Waals surface area (Å²) >= 11 is 1.79. The third kappa shape index (κ3) is 2.80. The summed E-state index contributed by atoms with van der Waals surface area (Å²) in [6.45, 7) is 1.03. The van der Waals surface area contributed by atoms with Crippen molar-refractivity contribution in [3.05, 3.63) is 36.9 Å². The van der Waals surface area contributed by atoms with Crippen LogP contribution in [-0.2, 0) is 17.1 Å². The van der Waals surface area contributed by atoms with E-state index in [1.807, 2.05) is 18.2 Å². The van der Waals surface area contributed by atoms with Crippen LogP contribution in [0.4, 0.5) is 0 Å². The summed E-state index contributed by atoms with van der Waals surface area (Å²) in [4.78, 5) is 8.15. The Morgan fingerprint density at radius 2 is 2.17 bits per heavy atom. The molecule has 2 aromatic rings. The first-order chi connectivity index (χ1) is 11.5. The highest BCUT2D eigenvalue weighted by Crippen LogP contribution is 2.47. The van der Waals surface area contributed by atoms with Crippen LogP contribution in [0.25, 0.3) is 0 Å². The van der Waals surface area contributed by atoms with Crippen LogP contribution in [0.15, 0.2) is 41.9 Å². The van der Waals surface area contributed by atoms with E-state index < -0.39 is 10.0 Å². The van der Waals surface area contributed by atoms with E-state index in [9.17, 15) is 8.42 Å². The lowest BCUT2D eigenvalue weighted by atomic mass is 9.95. The van der Waals surface area contributed by atoms with Gasteiger partial charge in [0.05, 0.1) is 6.33 Å². The Bertz CT molecular complexity index is 831. The van der Waals surface area contributed by atoms with Crippen LogP contribution >= 0.6 is 11.8 Å². The van der Waals surface area contributed by atoms with Crippen LogP contribution in [0.5, 0.6) is 5.88 Å². The fraction of sp³-hybridized carbons (Fsp3) is 0.467. The van der Waals surface area contributed by atoms with E-state index in [-0.39, 0.29) is 15.9 Å². The molecule has 2 saturated heterocycles. The Kier molecular flexibility index (Phi) is 3.81. The van der Waals surface area contributed by atoms with E-state index in [1.54, 1.807) is 29.6 Å². The second-order valence-electron chi connectivity index (χ2n) is 6.26. The molecule has 1 spiro atoms. The SMILES string of the molecule is Cn1cnc(S(=O)(=O)N2CC3(CC(Oc4ccccn4)CS3)C2)c1. The van der Waals surface area contributed by atoms with E-state index in [1.165, 1.54) is 16.8 Å². The number of hydrogen-bond donors (Lipinski definition) is 0. The lowest BCUT2D eigenvalue weighted by Gasteiger charge is -2.45. The highest BCUT2D eigenvalue weighted by atomic mass is 32.2. The topological polar surface area (TPSA) is 77.3 Å². The fourth-order valence-corrected chi connectivity index (χ4v) is 6.37. The number of imidazole rings is 1. The van der Waals surface area contributed by atoms with Gasteiger partial charge in [-0.1, -0.05) is 6.07 Å². The molecule has 2 aromatic heterocycles. The van der Waals surface area contributed by atoms with Gasteiger partial charge in [-0.2, -0.15) is 4.31 Å². The normalized spacial score (nSPS) is 23.3.